The number of alkyl halides is 3. The van der Waals surface area contributed by atoms with Crippen molar-refractivity contribution in [2.75, 3.05) is 5.32 Å². The number of nitrogens with zero attached hydrogens (tertiary/aromatic N) is 2. The number of benzene rings is 2. The van der Waals surface area contributed by atoms with Crippen LogP contribution in [-0.4, -0.2) is 27.7 Å². The summed E-state index contributed by atoms with van der Waals surface area (Å²) in [4.78, 5) is 32.2. The van der Waals surface area contributed by atoms with Gasteiger partial charge in [-0.1, -0.05) is 38.1 Å². The maximum atomic E-state index is 13.1. The molecule has 0 spiro atoms. The van der Waals surface area contributed by atoms with Crippen LogP contribution in [0, 0.1) is 12.8 Å². The molecule has 190 valence electrons. The Bertz CT molecular complexity index is 1230. The van der Waals surface area contributed by atoms with Crippen LogP contribution in [0.5, 0.6) is 11.6 Å². The Labute approximate surface area is 206 Å². The van der Waals surface area contributed by atoms with Crippen LogP contribution >= 0.6 is 0 Å². The molecule has 2 aromatic carbocycles. The predicted octanol–water partition coefficient (Wildman–Crippen LogP) is 4.87. The number of Topliss-reactive ketones (excluding diaryl/α,β-unsaturated/α-hetero) is 1. The monoisotopic (exact) mass is 500 g/mol. The van der Waals surface area contributed by atoms with Crippen molar-refractivity contribution in [3.05, 3.63) is 77.1 Å². The summed E-state index contributed by atoms with van der Waals surface area (Å²) in [7, 11) is 0. The van der Waals surface area contributed by atoms with Gasteiger partial charge in [0.1, 0.15) is 29.7 Å². The molecular formula is C26H27F3N4O3. The number of anilines is 1. The maximum Gasteiger partial charge on any atom is 0.416 e. The molecule has 0 aliphatic rings. The van der Waals surface area contributed by atoms with E-state index in [-0.39, 0.29) is 36.0 Å². The molecule has 0 saturated carbocycles. The maximum absolute atomic E-state index is 13.1. The van der Waals surface area contributed by atoms with E-state index in [1.807, 2.05) is 13.8 Å². The predicted molar refractivity (Wildman–Crippen MR) is 129 cm³/mol. The summed E-state index contributed by atoms with van der Waals surface area (Å²) < 4.78 is 45.1. The van der Waals surface area contributed by atoms with Crippen LogP contribution in [0.3, 0.4) is 0 Å². The van der Waals surface area contributed by atoms with E-state index in [1.54, 1.807) is 24.3 Å². The van der Waals surface area contributed by atoms with Crippen LogP contribution in [0.25, 0.3) is 0 Å². The van der Waals surface area contributed by atoms with Crippen LogP contribution in [-0.2, 0) is 28.6 Å². The number of rotatable bonds is 10. The minimum atomic E-state index is -4.46. The summed E-state index contributed by atoms with van der Waals surface area (Å²) in [6.45, 7) is 5.10. The lowest BCUT2D eigenvalue weighted by Crippen LogP contribution is -2.39. The molecule has 10 heteroatoms. The molecule has 1 unspecified atom stereocenters. The number of ketones is 1. The molecule has 7 nitrogen and oxygen atoms in total. The Morgan fingerprint density at radius 2 is 1.64 bits per heavy atom. The Morgan fingerprint density at radius 1 is 1.00 bits per heavy atom. The van der Waals surface area contributed by atoms with Crippen molar-refractivity contribution in [1.82, 2.24) is 9.97 Å². The lowest BCUT2D eigenvalue weighted by atomic mass is 9.99. The second-order valence-electron chi connectivity index (χ2n) is 8.80. The Morgan fingerprint density at radius 3 is 2.25 bits per heavy atom. The number of hydrogen-bond acceptors (Lipinski definition) is 6. The van der Waals surface area contributed by atoms with E-state index in [2.05, 4.69) is 15.3 Å². The standard InChI is InChI=1S/C26H27F3N4O3/c1-15(2)24(25(30)35)33-22-13-23(32-14-31-22)36-20-8-6-17(7-9-20)10-19(34)11-18-5-4-16(3)21(12-18)26(27,28)29/h4-9,12-15,24H,10-11H2,1-3H3,(H2,30,35)(H,31,32,33). The molecule has 0 saturated heterocycles. The van der Waals surface area contributed by atoms with Crippen molar-refractivity contribution in [3.63, 3.8) is 0 Å². The Hall–Kier alpha value is -3.95. The minimum Gasteiger partial charge on any atom is -0.439 e. The molecule has 1 atom stereocenters. The summed E-state index contributed by atoms with van der Waals surface area (Å²) >= 11 is 0. The summed E-state index contributed by atoms with van der Waals surface area (Å²) in [5.74, 6) is 0.322. The van der Waals surface area contributed by atoms with Crippen molar-refractivity contribution in [2.24, 2.45) is 11.7 Å². The van der Waals surface area contributed by atoms with Gasteiger partial charge in [-0.25, -0.2) is 9.97 Å². The second-order valence-corrected chi connectivity index (χ2v) is 8.80. The van der Waals surface area contributed by atoms with Crippen LogP contribution in [0.2, 0.25) is 0 Å². The third-order valence-electron chi connectivity index (χ3n) is 5.47. The third-order valence-corrected chi connectivity index (χ3v) is 5.47. The number of hydrogen-bond donors (Lipinski definition) is 2. The van der Waals surface area contributed by atoms with Gasteiger partial charge in [-0.05, 0) is 47.7 Å². The Balaban J connectivity index is 1.61. The highest BCUT2D eigenvalue weighted by atomic mass is 19.4. The highest BCUT2D eigenvalue weighted by Gasteiger charge is 2.32. The fourth-order valence-corrected chi connectivity index (χ4v) is 3.60. The van der Waals surface area contributed by atoms with Crippen LogP contribution < -0.4 is 15.8 Å². The fourth-order valence-electron chi connectivity index (χ4n) is 3.60. The minimum absolute atomic E-state index is 0.0465. The Kier molecular flexibility index (Phi) is 8.29. The van der Waals surface area contributed by atoms with E-state index in [0.717, 1.165) is 6.07 Å². The highest BCUT2D eigenvalue weighted by molar-refractivity contribution is 5.83. The lowest BCUT2D eigenvalue weighted by Gasteiger charge is -2.19. The molecule has 0 fully saturated rings. The van der Waals surface area contributed by atoms with E-state index >= 15 is 0 Å². The molecule has 3 rings (SSSR count). The average Bonchev–Trinajstić information content (AvgIpc) is 2.79. The van der Waals surface area contributed by atoms with Crippen molar-refractivity contribution in [3.8, 4) is 11.6 Å². The van der Waals surface area contributed by atoms with E-state index in [1.165, 1.54) is 31.5 Å². The second kappa shape index (κ2) is 11.2. The smallest absolute Gasteiger partial charge is 0.416 e. The third kappa shape index (κ3) is 7.27. The fraction of sp³-hybridized carbons (Fsp3) is 0.308. The summed E-state index contributed by atoms with van der Waals surface area (Å²) in [6.07, 6.45) is -3.20. The molecule has 0 radical (unpaired) electrons. The number of carbonyl (C=O) groups is 2. The van der Waals surface area contributed by atoms with E-state index < -0.39 is 23.7 Å². The lowest BCUT2D eigenvalue weighted by molar-refractivity contribution is -0.138. The van der Waals surface area contributed by atoms with Gasteiger partial charge in [0.05, 0.1) is 5.56 Å². The molecule has 0 aliphatic heterocycles. The number of aryl methyl sites for hydroxylation is 1. The van der Waals surface area contributed by atoms with Gasteiger partial charge in [-0.2, -0.15) is 13.2 Å². The first-order valence-electron chi connectivity index (χ1n) is 11.3. The number of halogens is 3. The highest BCUT2D eigenvalue weighted by Crippen LogP contribution is 2.32. The zero-order valence-corrected chi connectivity index (χ0v) is 20.1. The van der Waals surface area contributed by atoms with Gasteiger partial charge >= 0.3 is 6.18 Å². The molecule has 1 aromatic heterocycles. The number of aromatic nitrogens is 2. The van der Waals surface area contributed by atoms with Gasteiger partial charge in [-0.3, -0.25) is 9.59 Å². The first kappa shape index (κ1) is 26.7. The zero-order chi connectivity index (χ0) is 26.5. The zero-order valence-electron chi connectivity index (χ0n) is 20.1. The molecule has 36 heavy (non-hydrogen) atoms. The van der Waals surface area contributed by atoms with Gasteiger partial charge in [0.15, 0.2) is 0 Å². The van der Waals surface area contributed by atoms with E-state index in [9.17, 15) is 22.8 Å². The number of nitrogens with one attached hydrogen (secondary N) is 1. The molecule has 0 aliphatic carbocycles. The molecule has 3 aromatic rings. The molecular weight excluding hydrogens is 473 g/mol. The summed E-state index contributed by atoms with van der Waals surface area (Å²) in [6, 6.07) is 11.6. The topological polar surface area (TPSA) is 107 Å². The normalized spacial score (nSPS) is 12.3. The van der Waals surface area contributed by atoms with Gasteiger partial charge < -0.3 is 15.8 Å². The number of primary amides is 1. The van der Waals surface area contributed by atoms with Crippen LogP contribution in [0.4, 0.5) is 19.0 Å². The number of ether oxygens (including phenoxy) is 1. The van der Waals surface area contributed by atoms with Crippen molar-refractivity contribution >= 4 is 17.5 Å². The van der Waals surface area contributed by atoms with E-state index in [0.29, 0.717) is 22.7 Å². The van der Waals surface area contributed by atoms with Crippen LogP contribution in [0.15, 0.2) is 54.9 Å². The van der Waals surface area contributed by atoms with Crippen molar-refractivity contribution in [1.29, 1.82) is 0 Å². The quantitative estimate of drug-likeness (QED) is 0.411. The van der Waals surface area contributed by atoms with Gasteiger partial charge in [0.2, 0.25) is 11.8 Å². The van der Waals surface area contributed by atoms with Crippen molar-refractivity contribution < 1.29 is 27.5 Å². The molecule has 1 heterocycles. The first-order chi connectivity index (χ1) is 16.9. The largest absolute Gasteiger partial charge is 0.439 e. The average molecular weight is 501 g/mol. The number of nitrogens with two attached hydrogens (primary N) is 1. The molecule has 1 amide bonds. The molecule has 0 bridgehead atoms. The van der Waals surface area contributed by atoms with Crippen molar-refractivity contribution in [2.45, 2.75) is 45.8 Å². The van der Waals surface area contributed by atoms with Gasteiger partial charge in [0.25, 0.3) is 0 Å². The summed E-state index contributed by atoms with van der Waals surface area (Å²) in [5.41, 5.74) is 5.83. The van der Waals surface area contributed by atoms with Crippen LogP contribution in [0.1, 0.15) is 36.1 Å². The van der Waals surface area contributed by atoms with E-state index in [4.69, 9.17) is 10.5 Å². The van der Waals surface area contributed by atoms with Gasteiger partial charge in [-0.15, -0.1) is 0 Å². The van der Waals surface area contributed by atoms with Gasteiger partial charge in [0, 0.05) is 18.9 Å². The summed E-state index contributed by atoms with van der Waals surface area (Å²) in [5, 5.41) is 2.96. The number of carbonyl (C=O) groups excluding carboxylic acids is 2. The number of amides is 1. The molecule has 3 N–H and O–H groups in total. The first-order valence-corrected chi connectivity index (χ1v) is 11.3. The SMILES string of the molecule is Cc1ccc(CC(=O)Cc2ccc(Oc3cc(NC(C(N)=O)C(C)C)ncn3)cc2)cc1C(F)(F)F.